The van der Waals surface area contributed by atoms with Crippen LogP contribution in [0, 0.1) is 12.8 Å². The van der Waals surface area contributed by atoms with Crippen molar-refractivity contribution in [2.75, 3.05) is 13.1 Å². The molecule has 2 heterocycles. The van der Waals surface area contributed by atoms with Crippen molar-refractivity contribution < 1.29 is 14.7 Å². The molecule has 0 saturated carbocycles. The summed E-state index contributed by atoms with van der Waals surface area (Å²) in [4.78, 5) is 26.1. The molecule has 20 heavy (non-hydrogen) atoms. The number of rotatable bonds is 1. The summed E-state index contributed by atoms with van der Waals surface area (Å²) in [5.41, 5.74) is 1.23. The van der Waals surface area contributed by atoms with Crippen molar-refractivity contribution in [3.63, 3.8) is 0 Å². The monoisotopic (exact) mass is 274 g/mol. The summed E-state index contributed by atoms with van der Waals surface area (Å²) in [5, 5.41) is 12.8. The van der Waals surface area contributed by atoms with Gasteiger partial charge in [-0.25, -0.2) is 0 Å². The van der Waals surface area contributed by atoms with Crippen LogP contribution in [-0.2, 0) is 4.79 Å². The van der Waals surface area contributed by atoms with Crippen molar-refractivity contribution >= 4 is 11.8 Å². The number of carbonyl (C=O) groups excluding carboxylic acids is 2. The fourth-order valence-corrected chi connectivity index (χ4v) is 3.18. The van der Waals surface area contributed by atoms with Crippen LogP contribution in [0.4, 0.5) is 0 Å². The highest BCUT2D eigenvalue weighted by Gasteiger charge is 2.43. The number of aromatic hydroxyl groups is 1. The van der Waals surface area contributed by atoms with Crippen molar-refractivity contribution in [2.45, 2.75) is 25.8 Å². The maximum absolute atomic E-state index is 12.6. The Balaban J connectivity index is 1.88. The van der Waals surface area contributed by atoms with E-state index in [1.165, 1.54) is 0 Å². The van der Waals surface area contributed by atoms with Gasteiger partial charge in [0.2, 0.25) is 5.91 Å². The van der Waals surface area contributed by atoms with Gasteiger partial charge in [0, 0.05) is 13.1 Å². The zero-order chi connectivity index (χ0) is 14.3. The van der Waals surface area contributed by atoms with Crippen LogP contribution in [-0.4, -0.2) is 41.0 Å². The quantitative estimate of drug-likeness (QED) is 0.804. The fourth-order valence-electron chi connectivity index (χ4n) is 3.18. The molecule has 0 bridgehead atoms. The molecule has 5 nitrogen and oxygen atoms in total. The number of benzene rings is 1. The number of phenolic OH excluding ortho intramolecular Hbond substituents is 1. The van der Waals surface area contributed by atoms with Crippen LogP contribution >= 0.6 is 0 Å². The normalized spacial score (nSPS) is 25.2. The number of carbonyl (C=O) groups is 2. The molecule has 2 amide bonds. The minimum atomic E-state index is -0.186. The SMILES string of the molecule is Cc1ccc(C(=O)N2CCCC3C(=O)NCC32)c(O)c1. The average molecular weight is 274 g/mol. The second-order valence-electron chi connectivity index (χ2n) is 5.58. The number of hydrogen-bond acceptors (Lipinski definition) is 3. The molecule has 3 rings (SSSR count). The minimum Gasteiger partial charge on any atom is -0.507 e. The molecule has 1 aromatic carbocycles. The number of nitrogens with one attached hydrogen (secondary N) is 1. The lowest BCUT2D eigenvalue weighted by molar-refractivity contribution is -0.123. The van der Waals surface area contributed by atoms with Gasteiger partial charge >= 0.3 is 0 Å². The van der Waals surface area contributed by atoms with Crippen LogP contribution in [0.3, 0.4) is 0 Å². The summed E-state index contributed by atoms with van der Waals surface area (Å²) < 4.78 is 0. The van der Waals surface area contributed by atoms with Crippen molar-refractivity contribution in [1.29, 1.82) is 0 Å². The summed E-state index contributed by atoms with van der Waals surface area (Å²) in [5.74, 6) is -0.232. The Morgan fingerprint density at radius 1 is 1.45 bits per heavy atom. The highest BCUT2D eigenvalue weighted by molar-refractivity contribution is 5.98. The van der Waals surface area contributed by atoms with Gasteiger partial charge in [0.1, 0.15) is 5.75 Å². The molecule has 5 heteroatoms. The van der Waals surface area contributed by atoms with E-state index in [4.69, 9.17) is 0 Å². The van der Waals surface area contributed by atoms with E-state index in [9.17, 15) is 14.7 Å². The Morgan fingerprint density at radius 3 is 3.00 bits per heavy atom. The molecule has 106 valence electrons. The van der Waals surface area contributed by atoms with E-state index in [1.54, 1.807) is 17.0 Å². The number of hydrogen-bond donors (Lipinski definition) is 2. The second-order valence-corrected chi connectivity index (χ2v) is 5.58. The van der Waals surface area contributed by atoms with Crippen LogP contribution in [0.25, 0.3) is 0 Å². The predicted molar refractivity (Wildman–Crippen MR) is 73.4 cm³/mol. The molecule has 2 fully saturated rings. The first-order valence-corrected chi connectivity index (χ1v) is 6.96. The number of piperidine rings is 1. The number of fused-ring (bicyclic) bond motifs is 1. The number of nitrogens with zero attached hydrogens (tertiary/aromatic N) is 1. The Morgan fingerprint density at radius 2 is 2.25 bits per heavy atom. The number of amides is 2. The smallest absolute Gasteiger partial charge is 0.257 e. The molecular formula is C15H18N2O3. The van der Waals surface area contributed by atoms with Crippen LogP contribution in [0.2, 0.25) is 0 Å². The maximum Gasteiger partial charge on any atom is 0.257 e. The molecule has 1 aromatic rings. The summed E-state index contributed by atoms with van der Waals surface area (Å²) in [6.07, 6.45) is 1.66. The molecule has 2 saturated heterocycles. The Hall–Kier alpha value is -2.04. The van der Waals surface area contributed by atoms with E-state index in [-0.39, 0.29) is 29.5 Å². The lowest BCUT2D eigenvalue weighted by atomic mass is 9.91. The third-order valence-electron chi connectivity index (χ3n) is 4.25. The zero-order valence-corrected chi connectivity index (χ0v) is 11.4. The van der Waals surface area contributed by atoms with E-state index in [0.717, 1.165) is 18.4 Å². The maximum atomic E-state index is 12.6. The Bertz CT molecular complexity index is 570. The van der Waals surface area contributed by atoms with Crippen molar-refractivity contribution in [3.8, 4) is 5.75 Å². The van der Waals surface area contributed by atoms with E-state index in [2.05, 4.69) is 5.32 Å². The number of aryl methyl sites for hydroxylation is 1. The van der Waals surface area contributed by atoms with Crippen molar-refractivity contribution in [3.05, 3.63) is 29.3 Å². The topological polar surface area (TPSA) is 69.6 Å². The molecule has 0 radical (unpaired) electrons. The van der Waals surface area contributed by atoms with E-state index in [1.807, 2.05) is 13.0 Å². The van der Waals surface area contributed by atoms with Gasteiger partial charge in [0.15, 0.2) is 0 Å². The van der Waals surface area contributed by atoms with Crippen LogP contribution in [0.5, 0.6) is 5.75 Å². The van der Waals surface area contributed by atoms with Gasteiger partial charge in [0.25, 0.3) is 5.91 Å². The third-order valence-corrected chi connectivity index (χ3v) is 4.25. The van der Waals surface area contributed by atoms with Gasteiger partial charge < -0.3 is 15.3 Å². The lowest BCUT2D eigenvalue weighted by Gasteiger charge is -2.36. The summed E-state index contributed by atoms with van der Waals surface area (Å²) in [6, 6.07) is 4.98. The molecule has 0 spiro atoms. The molecular weight excluding hydrogens is 256 g/mol. The largest absolute Gasteiger partial charge is 0.507 e. The average Bonchev–Trinajstić information content (AvgIpc) is 2.80. The van der Waals surface area contributed by atoms with Gasteiger partial charge in [-0.2, -0.15) is 0 Å². The molecule has 2 unspecified atom stereocenters. The molecule has 2 aliphatic rings. The van der Waals surface area contributed by atoms with Crippen molar-refractivity contribution in [1.82, 2.24) is 10.2 Å². The standard InChI is InChI=1S/C15H18N2O3/c1-9-4-5-11(13(18)7-9)15(20)17-6-2-3-10-12(17)8-16-14(10)19/h4-5,7,10,12,18H,2-3,6,8H2,1H3,(H,16,19). The molecule has 2 aliphatic heterocycles. The van der Waals surface area contributed by atoms with Crippen molar-refractivity contribution in [2.24, 2.45) is 5.92 Å². The Kier molecular flexibility index (Phi) is 3.12. The molecule has 0 aromatic heterocycles. The van der Waals surface area contributed by atoms with Crippen LogP contribution in [0.1, 0.15) is 28.8 Å². The molecule has 2 N–H and O–H groups in total. The molecule has 0 aliphatic carbocycles. The van der Waals surface area contributed by atoms with Gasteiger partial charge in [-0.15, -0.1) is 0 Å². The predicted octanol–water partition coefficient (Wildman–Crippen LogP) is 1.05. The highest BCUT2D eigenvalue weighted by Crippen LogP contribution is 2.30. The minimum absolute atomic E-state index is 0.00871. The van der Waals surface area contributed by atoms with E-state index >= 15 is 0 Å². The van der Waals surface area contributed by atoms with E-state index < -0.39 is 0 Å². The summed E-state index contributed by atoms with van der Waals surface area (Å²) >= 11 is 0. The molecule has 2 atom stereocenters. The first kappa shape index (κ1) is 13.0. The van der Waals surface area contributed by atoms with Crippen LogP contribution in [0.15, 0.2) is 18.2 Å². The number of likely N-dealkylation sites (tertiary alicyclic amines) is 1. The lowest BCUT2D eigenvalue weighted by Crippen LogP contribution is -2.48. The number of phenols is 1. The Labute approximate surface area is 117 Å². The van der Waals surface area contributed by atoms with E-state index in [0.29, 0.717) is 18.7 Å². The zero-order valence-electron chi connectivity index (χ0n) is 11.4. The first-order valence-electron chi connectivity index (χ1n) is 6.96. The van der Waals surface area contributed by atoms with Gasteiger partial charge in [-0.3, -0.25) is 9.59 Å². The third kappa shape index (κ3) is 2.03. The highest BCUT2D eigenvalue weighted by atomic mass is 16.3. The summed E-state index contributed by atoms with van der Waals surface area (Å²) in [6.45, 7) is 3.02. The second kappa shape index (κ2) is 4.81. The van der Waals surface area contributed by atoms with Gasteiger partial charge in [0.05, 0.1) is 17.5 Å². The summed E-state index contributed by atoms with van der Waals surface area (Å²) in [7, 11) is 0. The first-order chi connectivity index (χ1) is 9.58. The van der Waals surface area contributed by atoms with Gasteiger partial charge in [-0.1, -0.05) is 6.07 Å². The fraction of sp³-hybridized carbons (Fsp3) is 0.467. The van der Waals surface area contributed by atoms with Crippen LogP contribution < -0.4 is 5.32 Å². The van der Waals surface area contributed by atoms with Gasteiger partial charge in [-0.05, 0) is 37.5 Å².